The number of hydrogen-bond acceptors (Lipinski definition) is 4. The molecule has 1 aliphatic rings. The second-order valence-corrected chi connectivity index (χ2v) is 4.05. The van der Waals surface area contributed by atoms with Crippen molar-refractivity contribution in [3.63, 3.8) is 0 Å². The first-order chi connectivity index (χ1) is 8.40. The van der Waals surface area contributed by atoms with Crippen LogP contribution in [0.25, 0.3) is 0 Å². The second-order valence-electron chi connectivity index (χ2n) is 4.05. The van der Waals surface area contributed by atoms with Gasteiger partial charge in [0.2, 0.25) is 5.91 Å². The minimum absolute atomic E-state index is 0.116. The average Bonchev–Trinajstić information content (AvgIpc) is 2.63. The molecule has 0 aromatic rings. The van der Waals surface area contributed by atoms with Crippen molar-refractivity contribution in [2.45, 2.75) is 20.1 Å². The topological polar surface area (TPSA) is 87.7 Å². The summed E-state index contributed by atoms with van der Waals surface area (Å²) in [5, 5.41) is 5.09. The maximum Gasteiger partial charge on any atom is 0.335 e. The number of hydrogen-bond donors (Lipinski definition) is 2. The van der Waals surface area contributed by atoms with Gasteiger partial charge in [0, 0.05) is 25.6 Å². The van der Waals surface area contributed by atoms with Crippen molar-refractivity contribution < 1.29 is 19.1 Å². The zero-order valence-corrected chi connectivity index (χ0v) is 10.5. The molecule has 18 heavy (non-hydrogen) atoms. The highest BCUT2D eigenvalue weighted by molar-refractivity contribution is 5.87. The normalized spacial score (nSPS) is 15.9. The monoisotopic (exact) mass is 255 g/mol. The van der Waals surface area contributed by atoms with Crippen molar-refractivity contribution in [3.8, 4) is 0 Å². The van der Waals surface area contributed by atoms with E-state index in [1.165, 1.54) is 18.7 Å². The zero-order valence-electron chi connectivity index (χ0n) is 10.5. The molecule has 1 saturated heterocycles. The third-order valence-electron chi connectivity index (χ3n) is 2.29. The van der Waals surface area contributed by atoms with Crippen molar-refractivity contribution in [3.05, 3.63) is 12.2 Å². The van der Waals surface area contributed by atoms with E-state index in [1.54, 1.807) is 0 Å². The summed E-state index contributed by atoms with van der Waals surface area (Å²) in [6, 6.07) is -0.239. The number of esters is 1. The van der Waals surface area contributed by atoms with Crippen LogP contribution in [-0.2, 0) is 14.3 Å². The molecule has 7 nitrogen and oxygen atoms in total. The van der Waals surface area contributed by atoms with Crippen LogP contribution < -0.4 is 10.6 Å². The number of ether oxygens (including phenoxy) is 1. The summed E-state index contributed by atoms with van der Waals surface area (Å²) in [7, 11) is 0. The van der Waals surface area contributed by atoms with E-state index in [1.807, 2.05) is 0 Å². The van der Waals surface area contributed by atoms with Crippen molar-refractivity contribution in [2.24, 2.45) is 0 Å². The van der Waals surface area contributed by atoms with Crippen molar-refractivity contribution in [1.82, 2.24) is 15.5 Å². The van der Waals surface area contributed by atoms with Gasteiger partial charge in [-0.3, -0.25) is 4.79 Å². The minimum atomic E-state index is -0.865. The van der Waals surface area contributed by atoms with Crippen molar-refractivity contribution in [1.29, 1.82) is 0 Å². The molecule has 0 bridgehead atoms. The van der Waals surface area contributed by atoms with Crippen molar-refractivity contribution in [2.75, 3.05) is 19.6 Å². The third kappa shape index (κ3) is 4.08. The fourth-order valence-electron chi connectivity index (χ4n) is 1.45. The smallest absolute Gasteiger partial charge is 0.335 e. The van der Waals surface area contributed by atoms with Crippen LogP contribution in [0.15, 0.2) is 12.2 Å². The van der Waals surface area contributed by atoms with E-state index in [2.05, 4.69) is 17.2 Å². The lowest BCUT2D eigenvalue weighted by atomic mass is 10.3. The van der Waals surface area contributed by atoms with Crippen LogP contribution in [0.1, 0.15) is 13.8 Å². The molecule has 2 N–H and O–H groups in total. The Kier molecular flexibility index (Phi) is 4.70. The van der Waals surface area contributed by atoms with Gasteiger partial charge >= 0.3 is 12.0 Å². The summed E-state index contributed by atoms with van der Waals surface area (Å²) in [4.78, 5) is 35.2. The Morgan fingerprint density at radius 1 is 1.56 bits per heavy atom. The van der Waals surface area contributed by atoms with Crippen LogP contribution in [0.4, 0.5) is 4.79 Å². The summed E-state index contributed by atoms with van der Waals surface area (Å²) in [6.45, 7) is 7.45. The predicted octanol–water partition coefficient (Wildman–Crippen LogP) is -0.407. The van der Waals surface area contributed by atoms with Gasteiger partial charge in [-0.05, 0) is 6.92 Å². The summed E-state index contributed by atoms with van der Waals surface area (Å²) in [6.07, 6.45) is -0.865. The molecule has 1 heterocycles. The highest BCUT2D eigenvalue weighted by atomic mass is 16.6. The number of rotatable bonds is 5. The van der Waals surface area contributed by atoms with E-state index >= 15 is 0 Å². The Labute approximate surface area is 105 Å². The molecule has 1 fully saturated rings. The highest BCUT2D eigenvalue weighted by Crippen LogP contribution is 2.03. The van der Waals surface area contributed by atoms with E-state index < -0.39 is 12.2 Å². The summed E-state index contributed by atoms with van der Waals surface area (Å²) in [5.41, 5.74) is 0.233. The fraction of sp³-hybridized carbons (Fsp3) is 0.545. The minimum Gasteiger partial charge on any atom is -0.436 e. The lowest BCUT2D eigenvalue weighted by Crippen LogP contribution is -2.46. The molecule has 7 heteroatoms. The molecule has 1 unspecified atom stereocenters. The summed E-state index contributed by atoms with van der Waals surface area (Å²) in [5.74, 6) is -0.942. The largest absolute Gasteiger partial charge is 0.436 e. The molecule has 0 aromatic carbocycles. The van der Waals surface area contributed by atoms with Crippen LogP contribution >= 0.6 is 0 Å². The quantitative estimate of drug-likeness (QED) is 0.397. The Bertz CT molecular complexity index is 380. The van der Waals surface area contributed by atoms with Gasteiger partial charge in [-0.15, -0.1) is 0 Å². The van der Waals surface area contributed by atoms with Gasteiger partial charge in [0.05, 0.1) is 6.54 Å². The van der Waals surface area contributed by atoms with Crippen LogP contribution in [-0.4, -0.2) is 48.7 Å². The lowest BCUT2D eigenvalue weighted by Gasteiger charge is -2.23. The van der Waals surface area contributed by atoms with E-state index in [9.17, 15) is 14.4 Å². The van der Waals surface area contributed by atoms with Gasteiger partial charge < -0.3 is 20.3 Å². The summed E-state index contributed by atoms with van der Waals surface area (Å²) >= 11 is 0. The van der Waals surface area contributed by atoms with Gasteiger partial charge in [-0.2, -0.15) is 0 Å². The highest BCUT2D eigenvalue weighted by Gasteiger charge is 2.25. The first kappa shape index (κ1) is 14.0. The molecule has 3 amide bonds. The van der Waals surface area contributed by atoms with E-state index in [0.29, 0.717) is 13.1 Å². The molecule has 0 radical (unpaired) electrons. The molecule has 0 aromatic heterocycles. The van der Waals surface area contributed by atoms with Gasteiger partial charge in [-0.1, -0.05) is 6.58 Å². The van der Waals surface area contributed by atoms with Crippen LogP contribution in [0.5, 0.6) is 0 Å². The van der Waals surface area contributed by atoms with E-state index in [4.69, 9.17) is 4.74 Å². The van der Waals surface area contributed by atoms with Crippen molar-refractivity contribution >= 4 is 17.9 Å². The molecule has 0 aliphatic carbocycles. The SMILES string of the molecule is C=C(C)C(=O)OC(CN1CCNC1=O)NC(C)=O. The molecular weight excluding hydrogens is 238 g/mol. The third-order valence-corrected chi connectivity index (χ3v) is 2.29. The molecule has 0 spiro atoms. The molecule has 1 rings (SSSR count). The Morgan fingerprint density at radius 3 is 2.67 bits per heavy atom. The van der Waals surface area contributed by atoms with E-state index in [-0.39, 0.29) is 24.1 Å². The lowest BCUT2D eigenvalue weighted by molar-refractivity contribution is -0.148. The Balaban J connectivity index is 2.60. The molecular formula is C11H17N3O4. The van der Waals surface area contributed by atoms with Crippen LogP contribution in [0.3, 0.4) is 0 Å². The van der Waals surface area contributed by atoms with E-state index in [0.717, 1.165) is 0 Å². The van der Waals surface area contributed by atoms with Gasteiger partial charge in [0.15, 0.2) is 6.23 Å². The van der Waals surface area contributed by atoms with Gasteiger partial charge in [0.25, 0.3) is 0 Å². The van der Waals surface area contributed by atoms with Crippen LogP contribution in [0, 0.1) is 0 Å². The number of carbonyl (C=O) groups is 3. The second kappa shape index (κ2) is 6.04. The Hall–Kier alpha value is -2.05. The average molecular weight is 255 g/mol. The first-order valence-electron chi connectivity index (χ1n) is 5.56. The molecule has 1 atom stereocenters. The molecule has 0 saturated carbocycles. The fourth-order valence-corrected chi connectivity index (χ4v) is 1.45. The van der Waals surface area contributed by atoms with Crippen LogP contribution in [0.2, 0.25) is 0 Å². The number of amides is 3. The maximum atomic E-state index is 11.4. The number of carbonyl (C=O) groups excluding carboxylic acids is 3. The standard InChI is InChI=1S/C11H17N3O4/c1-7(2)10(16)18-9(13-8(3)15)6-14-5-4-12-11(14)17/h9H,1,4-6H2,2-3H3,(H,12,17)(H,13,15). The molecule has 100 valence electrons. The Morgan fingerprint density at radius 2 is 2.22 bits per heavy atom. The first-order valence-corrected chi connectivity index (χ1v) is 5.56. The molecule has 1 aliphatic heterocycles. The predicted molar refractivity (Wildman–Crippen MR) is 63.5 cm³/mol. The number of nitrogens with zero attached hydrogens (tertiary/aromatic N) is 1. The van der Waals surface area contributed by atoms with Gasteiger partial charge in [0.1, 0.15) is 0 Å². The van der Waals surface area contributed by atoms with Gasteiger partial charge in [-0.25, -0.2) is 9.59 Å². The zero-order chi connectivity index (χ0) is 13.7. The summed E-state index contributed by atoms with van der Waals surface area (Å²) < 4.78 is 5.04. The number of urea groups is 1. The number of nitrogens with one attached hydrogen (secondary N) is 2. The maximum absolute atomic E-state index is 11.4.